The number of phosphoric acid groups is 2. The zero-order valence-corrected chi connectivity index (χ0v) is 60.6. The molecule has 0 aliphatic rings. The minimum Gasteiger partial charge on any atom is -0.462 e. The van der Waals surface area contributed by atoms with Crippen molar-refractivity contribution in [2.75, 3.05) is 39.6 Å². The van der Waals surface area contributed by atoms with Crippen molar-refractivity contribution in [3.05, 3.63) is 0 Å². The van der Waals surface area contributed by atoms with Crippen molar-refractivity contribution < 1.29 is 80.2 Å². The minimum absolute atomic E-state index is 0.108. The van der Waals surface area contributed by atoms with E-state index >= 15 is 0 Å². The van der Waals surface area contributed by atoms with Crippen molar-refractivity contribution in [1.29, 1.82) is 0 Å². The number of esters is 4. The molecular formula is C72H140O17P2. The maximum Gasteiger partial charge on any atom is 0.472 e. The van der Waals surface area contributed by atoms with Crippen molar-refractivity contribution in [3.63, 3.8) is 0 Å². The molecule has 0 spiro atoms. The van der Waals surface area contributed by atoms with Crippen LogP contribution >= 0.6 is 15.6 Å². The molecule has 0 saturated heterocycles. The minimum atomic E-state index is -4.95. The normalized spacial score (nSPS) is 14.0. The number of rotatable bonds is 73. The third-order valence-corrected chi connectivity index (χ3v) is 18.8. The molecule has 0 radical (unpaired) electrons. The van der Waals surface area contributed by atoms with Gasteiger partial charge >= 0.3 is 39.5 Å². The smallest absolute Gasteiger partial charge is 0.462 e. The number of aliphatic hydroxyl groups excluding tert-OH is 1. The Bertz CT molecular complexity index is 1740. The fraction of sp³-hybridized carbons (Fsp3) is 0.944. The van der Waals surface area contributed by atoms with Crippen LogP contribution in [0.2, 0.25) is 0 Å². The first-order valence-corrected chi connectivity index (χ1v) is 40.8. The van der Waals surface area contributed by atoms with Gasteiger partial charge in [0.2, 0.25) is 0 Å². The second kappa shape index (κ2) is 66.7. The summed E-state index contributed by atoms with van der Waals surface area (Å²) < 4.78 is 68.4. The molecule has 91 heavy (non-hydrogen) atoms. The quantitative estimate of drug-likeness (QED) is 0.0222. The van der Waals surface area contributed by atoms with E-state index in [1.165, 1.54) is 212 Å². The van der Waals surface area contributed by atoms with Gasteiger partial charge in [-0.3, -0.25) is 37.3 Å². The molecule has 0 aromatic carbocycles. The van der Waals surface area contributed by atoms with E-state index in [9.17, 15) is 43.2 Å². The molecule has 0 saturated carbocycles. The van der Waals surface area contributed by atoms with E-state index in [4.69, 9.17) is 37.0 Å². The predicted octanol–water partition coefficient (Wildman–Crippen LogP) is 21.1. The first kappa shape index (κ1) is 89.1. The van der Waals surface area contributed by atoms with Gasteiger partial charge in [0.25, 0.3) is 0 Å². The zero-order chi connectivity index (χ0) is 66.8. The van der Waals surface area contributed by atoms with Gasteiger partial charge in [-0.15, -0.1) is 0 Å². The summed E-state index contributed by atoms with van der Waals surface area (Å²) in [6.45, 7) is 4.97. The van der Waals surface area contributed by atoms with Crippen LogP contribution in [0.3, 0.4) is 0 Å². The van der Waals surface area contributed by atoms with Gasteiger partial charge in [0, 0.05) is 25.7 Å². The molecule has 0 heterocycles. The van der Waals surface area contributed by atoms with E-state index < -0.39 is 97.5 Å². The SMILES string of the molecule is CCCCCCCCCCCCCCCC(=O)OC[C@H](COP(=O)(O)OCC(O)COP(=O)(O)OC[C@@H](COC(=O)CCCCCCCCCCCCCC)OC(=O)CCCCCCCCCCCCCCC)OC(=O)CCCCCCCCCCCCCCC. The predicted molar refractivity (Wildman–Crippen MR) is 368 cm³/mol. The van der Waals surface area contributed by atoms with E-state index in [1.807, 2.05) is 0 Å². The van der Waals surface area contributed by atoms with E-state index in [2.05, 4.69) is 27.7 Å². The van der Waals surface area contributed by atoms with Gasteiger partial charge < -0.3 is 33.8 Å². The highest BCUT2D eigenvalue weighted by atomic mass is 31.2. The van der Waals surface area contributed by atoms with Crippen molar-refractivity contribution in [2.24, 2.45) is 0 Å². The van der Waals surface area contributed by atoms with Crippen molar-refractivity contribution in [2.45, 2.75) is 399 Å². The van der Waals surface area contributed by atoms with Crippen molar-refractivity contribution >= 4 is 39.5 Å². The summed E-state index contributed by atoms with van der Waals surface area (Å²) in [5.41, 5.74) is 0. The summed E-state index contributed by atoms with van der Waals surface area (Å²) in [6, 6.07) is 0. The first-order chi connectivity index (χ1) is 44.2. The number of hydrogen-bond donors (Lipinski definition) is 3. The van der Waals surface area contributed by atoms with Crippen LogP contribution in [0.5, 0.6) is 0 Å². The lowest BCUT2D eigenvalue weighted by Gasteiger charge is -2.21. The number of phosphoric ester groups is 2. The van der Waals surface area contributed by atoms with Gasteiger partial charge in [-0.05, 0) is 25.7 Å². The maximum absolute atomic E-state index is 13.0. The van der Waals surface area contributed by atoms with Crippen LogP contribution in [0, 0.1) is 0 Å². The van der Waals surface area contributed by atoms with Gasteiger partial charge in [0.15, 0.2) is 12.2 Å². The molecule has 0 amide bonds. The summed E-state index contributed by atoms with van der Waals surface area (Å²) in [4.78, 5) is 72.7. The Labute approximate surface area is 556 Å². The third kappa shape index (κ3) is 66.5. The van der Waals surface area contributed by atoms with Crippen molar-refractivity contribution in [1.82, 2.24) is 0 Å². The number of carbonyl (C=O) groups is 4. The Kier molecular flexibility index (Phi) is 65.2. The average Bonchev–Trinajstić information content (AvgIpc) is 3.50. The number of carbonyl (C=O) groups excluding carboxylic acids is 4. The summed E-state index contributed by atoms with van der Waals surface area (Å²) in [5, 5.41) is 10.6. The lowest BCUT2D eigenvalue weighted by molar-refractivity contribution is -0.161. The molecule has 3 N–H and O–H groups in total. The van der Waals surface area contributed by atoms with Crippen LogP contribution < -0.4 is 0 Å². The number of aliphatic hydroxyl groups is 1. The molecule has 0 aromatic rings. The van der Waals surface area contributed by atoms with Crippen LogP contribution in [0.1, 0.15) is 381 Å². The van der Waals surface area contributed by atoms with Gasteiger partial charge in [-0.1, -0.05) is 329 Å². The molecule has 17 nitrogen and oxygen atoms in total. The molecule has 0 bridgehead atoms. The summed E-state index contributed by atoms with van der Waals surface area (Å²) >= 11 is 0. The fourth-order valence-electron chi connectivity index (χ4n) is 11.0. The van der Waals surface area contributed by atoms with Crippen LogP contribution in [-0.4, -0.2) is 96.7 Å². The van der Waals surface area contributed by atoms with Crippen LogP contribution in [-0.2, 0) is 65.4 Å². The Morgan fingerprint density at radius 3 is 0.648 bits per heavy atom. The molecule has 0 aliphatic heterocycles. The summed E-state index contributed by atoms with van der Waals surface area (Å²) in [5.74, 6) is -2.11. The second-order valence-electron chi connectivity index (χ2n) is 26.0. The summed E-state index contributed by atoms with van der Waals surface area (Å²) in [7, 11) is -9.90. The molecule has 0 rings (SSSR count). The van der Waals surface area contributed by atoms with E-state index in [1.54, 1.807) is 0 Å². The van der Waals surface area contributed by atoms with Gasteiger partial charge in [-0.25, -0.2) is 9.13 Å². The Hall–Kier alpha value is -1.94. The van der Waals surface area contributed by atoms with Gasteiger partial charge in [0.05, 0.1) is 26.4 Å². The first-order valence-electron chi connectivity index (χ1n) is 37.8. The van der Waals surface area contributed by atoms with Crippen LogP contribution in [0.15, 0.2) is 0 Å². The Morgan fingerprint density at radius 1 is 0.264 bits per heavy atom. The fourth-order valence-corrected chi connectivity index (χ4v) is 12.6. The van der Waals surface area contributed by atoms with Crippen molar-refractivity contribution in [3.8, 4) is 0 Å². The third-order valence-electron chi connectivity index (χ3n) is 16.9. The zero-order valence-electron chi connectivity index (χ0n) is 58.8. The Morgan fingerprint density at radius 2 is 0.440 bits per heavy atom. The van der Waals surface area contributed by atoms with E-state index in [-0.39, 0.29) is 25.7 Å². The summed E-state index contributed by atoms with van der Waals surface area (Å²) in [6.07, 6.45) is 55.2. The molecule has 3 unspecified atom stereocenters. The standard InChI is InChI=1S/C72H140O17P2/c1-5-9-13-17-21-25-29-33-37-41-45-49-53-57-70(75)83-63-68(89-72(77)59-55-51-47-43-39-35-31-27-23-19-15-11-7-3)65-87-91(80,81)85-61-66(73)60-84-90(78,79)86-64-67(62-82-69(74)56-52-48-44-40-36-32-28-24-20-16-12-8-4)88-71(76)58-54-50-46-42-38-34-30-26-22-18-14-10-6-2/h66-68,73H,5-65H2,1-4H3,(H,78,79)(H,80,81)/t66?,67-,68-/m1/s1. The molecule has 0 aromatic heterocycles. The van der Waals surface area contributed by atoms with Gasteiger partial charge in [0.1, 0.15) is 19.3 Å². The van der Waals surface area contributed by atoms with E-state index in [0.717, 1.165) is 89.9 Å². The molecule has 0 aliphatic carbocycles. The molecule has 0 fully saturated rings. The maximum atomic E-state index is 13.0. The van der Waals surface area contributed by atoms with Crippen LogP contribution in [0.4, 0.5) is 0 Å². The molecular weight excluding hydrogens is 1200 g/mol. The van der Waals surface area contributed by atoms with Crippen LogP contribution in [0.25, 0.3) is 0 Å². The molecule has 540 valence electrons. The highest BCUT2D eigenvalue weighted by molar-refractivity contribution is 7.47. The monoisotopic (exact) mass is 1340 g/mol. The average molecular weight is 1340 g/mol. The Balaban J connectivity index is 5.25. The second-order valence-corrected chi connectivity index (χ2v) is 28.9. The highest BCUT2D eigenvalue weighted by Gasteiger charge is 2.30. The lowest BCUT2D eigenvalue weighted by Crippen LogP contribution is -2.30. The molecule has 5 atom stereocenters. The number of hydrogen-bond acceptors (Lipinski definition) is 15. The van der Waals surface area contributed by atoms with Gasteiger partial charge in [-0.2, -0.15) is 0 Å². The number of unbranched alkanes of at least 4 members (excludes halogenated alkanes) is 47. The molecule has 19 heteroatoms. The number of ether oxygens (including phenoxy) is 4. The van der Waals surface area contributed by atoms with E-state index in [0.29, 0.717) is 25.7 Å². The largest absolute Gasteiger partial charge is 0.472 e. The lowest BCUT2D eigenvalue weighted by atomic mass is 10.0. The topological polar surface area (TPSA) is 237 Å². The highest BCUT2D eigenvalue weighted by Crippen LogP contribution is 2.45.